The molecular formula is C16H14N2. The van der Waals surface area contributed by atoms with Crippen molar-refractivity contribution in [2.45, 2.75) is 19.3 Å². The lowest BCUT2D eigenvalue weighted by Crippen LogP contribution is -2.18. The molecule has 2 aromatic carbocycles. The fourth-order valence-corrected chi connectivity index (χ4v) is 2.86. The fourth-order valence-electron chi connectivity index (χ4n) is 2.86. The molecule has 2 nitrogen and oxygen atoms in total. The van der Waals surface area contributed by atoms with E-state index in [2.05, 4.69) is 54.4 Å². The van der Waals surface area contributed by atoms with Crippen LogP contribution in [0.4, 0.5) is 0 Å². The molecule has 2 heteroatoms. The van der Waals surface area contributed by atoms with Crippen molar-refractivity contribution in [3.63, 3.8) is 0 Å². The lowest BCUT2D eigenvalue weighted by atomic mass is 9.77. The molecule has 0 amide bonds. The minimum Gasteiger partial charge on any atom is -0.341 e. The largest absolute Gasteiger partial charge is 0.341 e. The number of H-pyrrole nitrogens is 1. The van der Waals surface area contributed by atoms with Gasteiger partial charge in [-0.25, -0.2) is 4.98 Å². The van der Waals surface area contributed by atoms with Gasteiger partial charge >= 0.3 is 0 Å². The molecule has 1 heterocycles. The molecule has 0 saturated carbocycles. The summed E-state index contributed by atoms with van der Waals surface area (Å²) in [4.78, 5) is 8.25. The maximum atomic E-state index is 4.78. The van der Waals surface area contributed by atoms with Gasteiger partial charge in [-0.3, -0.25) is 0 Å². The second kappa shape index (κ2) is 3.45. The molecule has 18 heavy (non-hydrogen) atoms. The predicted octanol–water partition coefficient (Wildman–Crippen LogP) is 3.56. The van der Waals surface area contributed by atoms with Crippen molar-refractivity contribution in [3.8, 4) is 0 Å². The second-order valence-electron chi connectivity index (χ2n) is 5.05. The molecule has 88 valence electrons. The van der Waals surface area contributed by atoms with E-state index in [9.17, 15) is 0 Å². The molecule has 4 rings (SSSR count). The molecule has 0 saturated heterocycles. The van der Waals surface area contributed by atoms with Gasteiger partial charge in [0.15, 0.2) is 0 Å². The van der Waals surface area contributed by atoms with E-state index in [1.807, 2.05) is 0 Å². The van der Waals surface area contributed by atoms with Crippen LogP contribution in [0, 0.1) is 6.92 Å². The summed E-state index contributed by atoms with van der Waals surface area (Å²) >= 11 is 0. The summed E-state index contributed by atoms with van der Waals surface area (Å²) in [7, 11) is 0. The standard InChI is InChI=1S/C16H14N2/c1-10-5-4-8-14-15(10)18-16(17-14)13-9-11-6-2-3-7-12(11)13/h2-8,13H,9H2,1H3,(H,17,18). The van der Waals surface area contributed by atoms with Crippen LogP contribution in [0.3, 0.4) is 0 Å². The third kappa shape index (κ3) is 1.26. The maximum absolute atomic E-state index is 4.78. The molecular weight excluding hydrogens is 220 g/mol. The Morgan fingerprint density at radius 3 is 2.83 bits per heavy atom. The number of aromatic nitrogens is 2. The van der Waals surface area contributed by atoms with Gasteiger partial charge in [-0.05, 0) is 36.1 Å². The lowest BCUT2D eigenvalue weighted by molar-refractivity contribution is 0.671. The SMILES string of the molecule is Cc1cccc2[nH]c(C3Cc4ccccc43)nc12. The molecule has 0 fully saturated rings. The third-order valence-electron chi connectivity index (χ3n) is 3.92. The number of nitrogens with one attached hydrogen (secondary N) is 1. The lowest BCUT2D eigenvalue weighted by Gasteiger charge is -2.28. The van der Waals surface area contributed by atoms with E-state index in [0.717, 1.165) is 23.3 Å². The predicted molar refractivity (Wildman–Crippen MR) is 72.8 cm³/mol. The molecule has 0 aliphatic heterocycles. The van der Waals surface area contributed by atoms with Crippen LogP contribution in [0.1, 0.15) is 28.4 Å². The zero-order valence-electron chi connectivity index (χ0n) is 10.3. The van der Waals surface area contributed by atoms with Crippen molar-refractivity contribution >= 4 is 11.0 Å². The van der Waals surface area contributed by atoms with E-state index < -0.39 is 0 Å². The highest BCUT2D eigenvalue weighted by Gasteiger charge is 2.29. The average molecular weight is 234 g/mol. The van der Waals surface area contributed by atoms with Gasteiger partial charge in [0, 0.05) is 5.92 Å². The molecule has 0 radical (unpaired) electrons. The first-order valence-electron chi connectivity index (χ1n) is 6.36. The van der Waals surface area contributed by atoms with Crippen molar-refractivity contribution in [2.24, 2.45) is 0 Å². The van der Waals surface area contributed by atoms with Crippen LogP contribution in [0.15, 0.2) is 42.5 Å². The van der Waals surface area contributed by atoms with E-state index in [4.69, 9.17) is 4.98 Å². The first-order valence-corrected chi connectivity index (χ1v) is 6.36. The molecule has 3 aromatic rings. The minimum absolute atomic E-state index is 0.452. The Labute approximate surface area is 106 Å². The summed E-state index contributed by atoms with van der Waals surface area (Å²) in [5.74, 6) is 1.56. The number of aromatic amines is 1. The highest BCUT2D eigenvalue weighted by Crippen LogP contribution is 2.39. The summed E-state index contributed by atoms with van der Waals surface area (Å²) in [6.07, 6.45) is 1.11. The third-order valence-corrected chi connectivity index (χ3v) is 3.92. The number of benzene rings is 2. The van der Waals surface area contributed by atoms with Gasteiger partial charge in [0.2, 0.25) is 0 Å². The van der Waals surface area contributed by atoms with Gasteiger partial charge < -0.3 is 4.98 Å². The summed E-state index contributed by atoms with van der Waals surface area (Å²) in [6.45, 7) is 2.11. The van der Waals surface area contributed by atoms with Crippen molar-refractivity contribution in [1.82, 2.24) is 9.97 Å². The Morgan fingerprint density at radius 1 is 1.11 bits per heavy atom. The molecule has 1 aliphatic rings. The van der Waals surface area contributed by atoms with Gasteiger partial charge in [0.1, 0.15) is 5.82 Å². The second-order valence-corrected chi connectivity index (χ2v) is 5.05. The number of aryl methyl sites for hydroxylation is 1. The molecule has 1 unspecified atom stereocenters. The van der Waals surface area contributed by atoms with E-state index in [1.165, 1.54) is 16.7 Å². The van der Waals surface area contributed by atoms with Gasteiger partial charge in [0.25, 0.3) is 0 Å². The van der Waals surface area contributed by atoms with Crippen molar-refractivity contribution in [1.29, 1.82) is 0 Å². The van der Waals surface area contributed by atoms with Crippen LogP contribution in [-0.2, 0) is 6.42 Å². The summed E-state index contributed by atoms with van der Waals surface area (Å²) < 4.78 is 0. The summed E-state index contributed by atoms with van der Waals surface area (Å²) in [5.41, 5.74) is 6.38. The molecule has 0 spiro atoms. The minimum atomic E-state index is 0.452. The van der Waals surface area contributed by atoms with E-state index in [-0.39, 0.29) is 0 Å². The van der Waals surface area contributed by atoms with E-state index >= 15 is 0 Å². The fraction of sp³-hybridized carbons (Fsp3) is 0.188. The van der Waals surface area contributed by atoms with Gasteiger partial charge in [0.05, 0.1) is 11.0 Å². The number of rotatable bonds is 1. The number of imidazole rings is 1. The number of hydrogen-bond donors (Lipinski definition) is 1. The summed E-state index contributed by atoms with van der Waals surface area (Å²) in [5, 5.41) is 0. The van der Waals surface area contributed by atoms with Gasteiger partial charge in [-0.15, -0.1) is 0 Å². The zero-order valence-corrected chi connectivity index (χ0v) is 10.3. The molecule has 1 N–H and O–H groups in total. The monoisotopic (exact) mass is 234 g/mol. The number of para-hydroxylation sites is 1. The zero-order chi connectivity index (χ0) is 12.1. The smallest absolute Gasteiger partial charge is 0.115 e. The normalized spacial score (nSPS) is 17.5. The van der Waals surface area contributed by atoms with Gasteiger partial charge in [-0.2, -0.15) is 0 Å². The number of fused-ring (bicyclic) bond motifs is 2. The number of nitrogens with zero attached hydrogens (tertiary/aromatic N) is 1. The van der Waals surface area contributed by atoms with Crippen LogP contribution in [-0.4, -0.2) is 9.97 Å². The topological polar surface area (TPSA) is 28.7 Å². The molecule has 1 atom stereocenters. The Morgan fingerprint density at radius 2 is 2.00 bits per heavy atom. The van der Waals surface area contributed by atoms with Gasteiger partial charge in [-0.1, -0.05) is 36.4 Å². The quantitative estimate of drug-likeness (QED) is 0.685. The Balaban J connectivity index is 1.84. The molecule has 1 aliphatic carbocycles. The van der Waals surface area contributed by atoms with E-state index in [0.29, 0.717) is 5.92 Å². The first-order chi connectivity index (χ1) is 8.83. The first kappa shape index (κ1) is 9.89. The summed E-state index contributed by atoms with van der Waals surface area (Å²) in [6, 6.07) is 14.9. The molecule has 1 aromatic heterocycles. The van der Waals surface area contributed by atoms with Crippen molar-refractivity contribution in [3.05, 3.63) is 65.0 Å². The van der Waals surface area contributed by atoms with Crippen molar-refractivity contribution < 1.29 is 0 Å². The maximum Gasteiger partial charge on any atom is 0.115 e. The molecule has 0 bridgehead atoms. The highest BCUT2D eigenvalue weighted by molar-refractivity contribution is 5.78. The van der Waals surface area contributed by atoms with Crippen molar-refractivity contribution in [2.75, 3.05) is 0 Å². The van der Waals surface area contributed by atoms with E-state index in [1.54, 1.807) is 0 Å². The Bertz CT molecular complexity index is 740. The van der Waals surface area contributed by atoms with Crippen LogP contribution in [0.25, 0.3) is 11.0 Å². The Hall–Kier alpha value is -2.09. The van der Waals surface area contributed by atoms with Crippen LogP contribution < -0.4 is 0 Å². The Kier molecular flexibility index (Phi) is 1.90. The number of hydrogen-bond acceptors (Lipinski definition) is 1. The van der Waals surface area contributed by atoms with Crippen LogP contribution in [0.5, 0.6) is 0 Å². The highest BCUT2D eigenvalue weighted by atomic mass is 14.9. The van der Waals surface area contributed by atoms with Crippen LogP contribution in [0.2, 0.25) is 0 Å². The average Bonchev–Trinajstić information content (AvgIpc) is 2.76. The van der Waals surface area contributed by atoms with Crippen LogP contribution >= 0.6 is 0 Å².